The van der Waals surface area contributed by atoms with Gasteiger partial charge in [-0.3, -0.25) is 4.79 Å². The van der Waals surface area contributed by atoms with Gasteiger partial charge in [-0.05, 0) is 37.9 Å². The molecule has 0 aromatic carbocycles. The molecule has 0 bridgehead atoms. The van der Waals surface area contributed by atoms with Crippen LogP contribution in [0.2, 0.25) is 0 Å². The molecule has 0 aliphatic rings. The van der Waals surface area contributed by atoms with E-state index >= 15 is 0 Å². The predicted molar refractivity (Wildman–Crippen MR) is 76.8 cm³/mol. The van der Waals surface area contributed by atoms with Crippen LogP contribution in [0.1, 0.15) is 53.4 Å². The van der Waals surface area contributed by atoms with E-state index in [4.69, 9.17) is 4.74 Å². The van der Waals surface area contributed by atoms with Gasteiger partial charge in [-0.25, -0.2) is 8.78 Å². The van der Waals surface area contributed by atoms with Gasteiger partial charge in [0.25, 0.3) is 0 Å². The summed E-state index contributed by atoms with van der Waals surface area (Å²) >= 11 is 1.52. The van der Waals surface area contributed by atoms with E-state index in [2.05, 4.69) is 0 Å². The third-order valence-corrected chi connectivity index (χ3v) is 4.21. The molecule has 2 nitrogen and oxygen atoms in total. The lowest BCUT2D eigenvalue weighted by atomic mass is 10.1. The summed E-state index contributed by atoms with van der Waals surface area (Å²) in [5.74, 6) is -1.84. The molecule has 0 aliphatic carbocycles. The van der Waals surface area contributed by atoms with Gasteiger partial charge >= 0.3 is 5.97 Å². The number of alkyl halides is 2. The van der Waals surface area contributed by atoms with Crippen molar-refractivity contribution >= 4 is 17.7 Å². The lowest BCUT2D eigenvalue weighted by molar-refractivity contribution is -0.143. The quantitative estimate of drug-likeness (QED) is 0.438. The largest absolute Gasteiger partial charge is 0.465 e. The Balaban J connectivity index is 3.92. The van der Waals surface area contributed by atoms with E-state index in [0.717, 1.165) is 19.1 Å². The molecular formula is C14H26F2O2S. The van der Waals surface area contributed by atoms with E-state index in [1.807, 2.05) is 20.8 Å². The molecule has 114 valence electrons. The second-order valence-electron chi connectivity index (χ2n) is 5.23. The van der Waals surface area contributed by atoms with Crippen LogP contribution in [0.25, 0.3) is 0 Å². The van der Waals surface area contributed by atoms with Crippen molar-refractivity contribution in [3.63, 3.8) is 0 Å². The molecule has 0 radical (unpaired) electrons. The van der Waals surface area contributed by atoms with Gasteiger partial charge in [-0.15, -0.1) is 11.8 Å². The number of unbranched alkanes of at least 4 members (excludes halogenated alkanes) is 1. The molecule has 0 fully saturated rings. The number of carbonyl (C=O) groups is 1. The van der Waals surface area contributed by atoms with Crippen LogP contribution in [0.5, 0.6) is 0 Å². The molecule has 0 aromatic heterocycles. The molecule has 0 saturated carbocycles. The molecule has 0 spiro atoms. The van der Waals surface area contributed by atoms with Crippen LogP contribution in [0.4, 0.5) is 8.78 Å². The van der Waals surface area contributed by atoms with E-state index < -0.39 is 5.92 Å². The second-order valence-corrected chi connectivity index (χ2v) is 6.48. The van der Waals surface area contributed by atoms with Crippen LogP contribution < -0.4 is 0 Å². The SMILES string of the molecule is CCCOC(=O)C(SCCCCC(C)(F)F)C(C)C. The van der Waals surface area contributed by atoms with Crippen LogP contribution in [-0.2, 0) is 9.53 Å². The minimum atomic E-state index is -2.58. The number of ether oxygens (including phenoxy) is 1. The van der Waals surface area contributed by atoms with Gasteiger partial charge in [0.1, 0.15) is 5.25 Å². The minimum absolute atomic E-state index is 0.0831. The van der Waals surface area contributed by atoms with Gasteiger partial charge < -0.3 is 4.74 Å². The first kappa shape index (κ1) is 18.7. The summed E-state index contributed by atoms with van der Waals surface area (Å²) in [4.78, 5) is 11.8. The fraction of sp³-hybridized carbons (Fsp3) is 0.929. The maximum absolute atomic E-state index is 12.6. The van der Waals surface area contributed by atoms with Crippen molar-refractivity contribution in [1.29, 1.82) is 0 Å². The Morgan fingerprint density at radius 1 is 1.32 bits per heavy atom. The molecule has 1 atom stereocenters. The smallest absolute Gasteiger partial charge is 0.319 e. The summed E-state index contributed by atoms with van der Waals surface area (Å²) in [7, 11) is 0. The minimum Gasteiger partial charge on any atom is -0.465 e. The molecule has 0 rings (SSSR count). The Kier molecular flexibility index (Phi) is 9.40. The first-order valence-electron chi connectivity index (χ1n) is 6.94. The highest BCUT2D eigenvalue weighted by atomic mass is 32.2. The number of hydrogen-bond donors (Lipinski definition) is 0. The van der Waals surface area contributed by atoms with Crippen LogP contribution >= 0.6 is 11.8 Å². The predicted octanol–water partition coefficient (Wildman–Crippen LogP) is 4.52. The summed E-state index contributed by atoms with van der Waals surface area (Å²) in [6.07, 6.45) is 1.93. The van der Waals surface area contributed by atoms with Gasteiger partial charge in [0.2, 0.25) is 5.92 Å². The first-order chi connectivity index (χ1) is 8.78. The maximum Gasteiger partial charge on any atom is 0.319 e. The Bertz CT molecular complexity index is 252. The van der Waals surface area contributed by atoms with E-state index in [1.165, 1.54) is 11.8 Å². The Hall–Kier alpha value is -0.320. The number of thioether (sulfide) groups is 1. The van der Waals surface area contributed by atoms with Gasteiger partial charge in [0, 0.05) is 6.42 Å². The van der Waals surface area contributed by atoms with Crippen molar-refractivity contribution in [2.75, 3.05) is 12.4 Å². The number of esters is 1. The molecule has 0 heterocycles. The zero-order chi connectivity index (χ0) is 14.9. The number of halogens is 2. The standard InChI is InChI=1S/C14H26F2O2S/c1-5-9-18-13(17)12(11(2)3)19-10-7-6-8-14(4,15)16/h11-12H,5-10H2,1-4H3. The van der Waals surface area contributed by atoms with E-state index in [-0.39, 0.29) is 23.6 Å². The first-order valence-corrected chi connectivity index (χ1v) is 7.99. The Morgan fingerprint density at radius 2 is 1.95 bits per heavy atom. The number of carbonyl (C=O) groups excluding carboxylic acids is 1. The van der Waals surface area contributed by atoms with Gasteiger partial charge in [0.15, 0.2) is 0 Å². The van der Waals surface area contributed by atoms with Gasteiger partial charge in [-0.2, -0.15) is 0 Å². The van der Waals surface area contributed by atoms with E-state index in [1.54, 1.807) is 0 Å². The molecule has 0 aromatic rings. The summed E-state index contributed by atoms with van der Waals surface area (Å²) in [5, 5.41) is -0.186. The highest BCUT2D eigenvalue weighted by Gasteiger charge is 2.24. The third kappa shape index (κ3) is 10.2. The number of hydrogen-bond acceptors (Lipinski definition) is 3. The zero-order valence-corrected chi connectivity index (χ0v) is 13.2. The highest BCUT2D eigenvalue weighted by Crippen LogP contribution is 2.24. The normalized spacial score (nSPS) is 13.6. The molecule has 1 unspecified atom stereocenters. The summed E-state index contributed by atoms with van der Waals surface area (Å²) in [6, 6.07) is 0. The molecule has 0 aliphatic heterocycles. The zero-order valence-electron chi connectivity index (χ0n) is 12.4. The van der Waals surface area contributed by atoms with Crippen molar-refractivity contribution in [2.24, 2.45) is 5.92 Å². The highest BCUT2D eigenvalue weighted by molar-refractivity contribution is 8.00. The molecule has 0 saturated heterocycles. The third-order valence-electron chi connectivity index (χ3n) is 2.59. The van der Waals surface area contributed by atoms with Crippen molar-refractivity contribution in [1.82, 2.24) is 0 Å². The Morgan fingerprint density at radius 3 is 2.42 bits per heavy atom. The lowest BCUT2D eigenvalue weighted by Crippen LogP contribution is -2.26. The summed E-state index contributed by atoms with van der Waals surface area (Å²) in [6.45, 7) is 7.30. The van der Waals surface area contributed by atoms with E-state index in [0.29, 0.717) is 19.4 Å². The van der Waals surface area contributed by atoms with E-state index in [9.17, 15) is 13.6 Å². The van der Waals surface area contributed by atoms with Crippen molar-refractivity contribution < 1.29 is 18.3 Å². The maximum atomic E-state index is 12.6. The molecular weight excluding hydrogens is 270 g/mol. The molecule has 0 N–H and O–H groups in total. The average molecular weight is 296 g/mol. The monoisotopic (exact) mass is 296 g/mol. The Labute approximate surface area is 119 Å². The molecule has 0 amide bonds. The summed E-state index contributed by atoms with van der Waals surface area (Å²) < 4.78 is 30.4. The van der Waals surface area contributed by atoms with Crippen molar-refractivity contribution in [3.8, 4) is 0 Å². The molecule has 19 heavy (non-hydrogen) atoms. The van der Waals surface area contributed by atoms with Gasteiger partial charge in [0.05, 0.1) is 6.61 Å². The second kappa shape index (κ2) is 9.56. The average Bonchev–Trinajstić information content (AvgIpc) is 2.28. The molecule has 5 heteroatoms. The lowest BCUT2D eigenvalue weighted by Gasteiger charge is -2.19. The number of rotatable bonds is 10. The fourth-order valence-electron chi connectivity index (χ4n) is 1.57. The topological polar surface area (TPSA) is 26.3 Å². The van der Waals surface area contributed by atoms with Crippen molar-refractivity contribution in [3.05, 3.63) is 0 Å². The van der Waals surface area contributed by atoms with Crippen LogP contribution in [0.3, 0.4) is 0 Å². The van der Waals surface area contributed by atoms with Crippen LogP contribution in [0, 0.1) is 5.92 Å². The van der Waals surface area contributed by atoms with Gasteiger partial charge in [-0.1, -0.05) is 20.8 Å². The summed E-state index contributed by atoms with van der Waals surface area (Å²) in [5.41, 5.74) is 0. The van der Waals surface area contributed by atoms with Crippen LogP contribution in [-0.4, -0.2) is 29.5 Å². The van der Waals surface area contributed by atoms with Crippen molar-refractivity contribution in [2.45, 2.75) is 64.6 Å². The van der Waals surface area contributed by atoms with Crippen LogP contribution in [0.15, 0.2) is 0 Å². The fourth-order valence-corrected chi connectivity index (χ4v) is 2.78.